The number of alkyl halides is 3. The summed E-state index contributed by atoms with van der Waals surface area (Å²) >= 11 is 0. The number of carbonyl (C=O) groups excluding carboxylic acids is 1. The quantitative estimate of drug-likeness (QED) is 0.533. The molecule has 0 radical (unpaired) electrons. The van der Waals surface area contributed by atoms with E-state index in [9.17, 15) is 18.0 Å². The number of halogens is 3. The number of urea groups is 1. The second-order valence-corrected chi connectivity index (χ2v) is 7.94. The van der Waals surface area contributed by atoms with Crippen LogP contribution in [0.4, 0.5) is 23.7 Å². The van der Waals surface area contributed by atoms with Gasteiger partial charge in [0.15, 0.2) is 0 Å². The molecule has 164 valence electrons. The minimum absolute atomic E-state index is 0.208. The lowest BCUT2D eigenvalue weighted by Crippen LogP contribution is -2.49. The van der Waals surface area contributed by atoms with E-state index in [1.165, 1.54) is 17.0 Å². The average molecular weight is 437 g/mol. The second kappa shape index (κ2) is 8.19. The second-order valence-electron chi connectivity index (χ2n) is 7.94. The SMILES string of the molecule is CC=C1CCCC2=C1[C@@H](c1ccc(C#N)cc1)N(C)C(=O)N2c1cccc(C(F)(F)F)c1. The molecule has 0 saturated heterocycles. The van der Waals surface area contributed by atoms with E-state index in [0.29, 0.717) is 12.0 Å². The van der Waals surface area contributed by atoms with Crippen molar-refractivity contribution in [1.29, 1.82) is 5.26 Å². The van der Waals surface area contributed by atoms with Crippen molar-refractivity contribution in [3.05, 3.63) is 88.1 Å². The van der Waals surface area contributed by atoms with Crippen LogP contribution >= 0.6 is 0 Å². The molecule has 1 aliphatic heterocycles. The summed E-state index contributed by atoms with van der Waals surface area (Å²) in [7, 11) is 1.66. The van der Waals surface area contributed by atoms with Gasteiger partial charge >= 0.3 is 12.2 Å². The number of rotatable bonds is 2. The van der Waals surface area contributed by atoms with Crippen LogP contribution in [0.25, 0.3) is 0 Å². The van der Waals surface area contributed by atoms with Crippen molar-refractivity contribution in [3.8, 4) is 6.07 Å². The fraction of sp³-hybridized carbons (Fsp3) is 0.280. The number of carbonyl (C=O) groups is 1. The Kier molecular flexibility index (Phi) is 5.55. The Morgan fingerprint density at radius 1 is 1.12 bits per heavy atom. The highest BCUT2D eigenvalue weighted by molar-refractivity contribution is 5.98. The number of benzene rings is 2. The molecule has 2 aliphatic rings. The minimum Gasteiger partial charge on any atom is -0.316 e. The van der Waals surface area contributed by atoms with Gasteiger partial charge in [-0.15, -0.1) is 0 Å². The Hall–Kier alpha value is -3.53. The molecule has 0 bridgehead atoms. The third kappa shape index (κ3) is 3.66. The van der Waals surface area contributed by atoms with Crippen molar-refractivity contribution in [1.82, 2.24) is 4.90 Å². The first kappa shape index (κ1) is 21.7. The number of nitrogens with zero attached hydrogens (tertiary/aromatic N) is 3. The largest absolute Gasteiger partial charge is 0.416 e. The average Bonchev–Trinajstić information content (AvgIpc) is 2.79. The molecule has 4 rings (SSSR count). The van der Waals surface area contributed by atoms with Crippen LogP contribution in [0.3, 0.4) is 0 Å². The molecule has 0 N–H and O–H groups in total. The first-order valence-corrected chi connectivity index (χ1v) is 10.4. The van der Waals surface area contributed by atoms with Gasteiger partial charge < -0.3 is 4.90 Å². The number of hydrogen-bond acceptors (Lipinski definition) is 2. The summed E-state index contributed by atoms with van der Waals surface area (Å²) in [6.07, 6.45) is -0.246. The van der Waals surface area contributed by atoms with Crippen molar-refractivity contribution in [3.63, 3.8) is 0 Å². The van der Waals surface area contributed by atoms with E-state index < -0.39 is 11.7 Å². The van der Waals surface area contributed by atoms with Crippen molar-refractivity contribution in [2.24, 2.45) is 0 Å². The summed E-state index contributed by atoms with van der Waals surface area (Å²) in [5.41, 5.74) is 3.57. The smallest absolute Gasteiger partial charge is 0.316 e. The molecule has 2 amide bonds. The maximum atomic E-state index is 13.5. The van der Waals surface area contributed by atoms with Gasteiger partial charge in [0.25, 0.3) is 0 Å². The van der Waals surface area contributed by atoms with E-state index in [2.05, 4.69) is 6.07 Å². The summed E-state index contributed by atoms with van der Waals surface area (Å²) < 4.78 is 40.0. The van der Waals surface area contributed by atoms with Crippen molar-refractivity contribution in [2.75, 3.05) is 11.9 Å². The molecule has 0 saturated carbocycles. The molecular weight excluding hydrogens is 415 g/mol. The predicted molar refractivity (Wildman–Crippen MR) is 116 cm³/mol. The van der Waals surface area contributed by atoms with E-state index in [0.717, 1.165) is 47.4 Å². The highest BCUT2D eigenvalue weighted by Crippen LogP contribution is 2.47. The van der Waals surface area contributed by atoms with Crippen molar-refractivity contribution in [2.45, 2.75) is 38.4 Å². The lowest BCUT2D eigenvalue weighted by atomic mass is 9.81. The van der Waals surface area contributed by atoms with Gasteiger partial charge in [-0.05, 0) is 67.7 Å². The number of nitriles is 1. The van der Waals surface area contributed by atoms with Crippen molar-refractivity contribution >= 4 is 11.7 Å². The standard InChI is InChI=1S/C25H22F3N3O/c1-3-17-6-4-9-21-22(17)23(18-12-10-16(15-29)11-13-18)30(2)24(32)31(21)20-8-5-7-19(14-20)25(26,27)28/h3,5,7-8,10-14,23H,4,6,9H2,1-2H3/t23-/m1/s1. The maximum Gasteiger partial charge on any atom is 0.416 e. The summed E-state index contributed by atoms with van der Waals surface area (Å²) in [6.45, 7) is 1.94. The van der Waals surface area contributed by atoms with E-state index in [4.69, 9.17) is 5.26 Å². The van der Waals surface area contributed by atoms with Gasteiger partial charge in [0.05, 0.1) is 28.9 Å². The van der Waals surface area contributed by atoms with Crippen LogP contribution in [0, 0.1) is 11.3 Å². The van der Waals surface area contributed by atoms with Gasteiger partial charge in [0.1, 0.15) is 0 Å². The van der Waals surface area contributed by atoms with Crippen LogP contribution in [0.1, 0.15) is 48.9 Å². The molecule has 0 fully saturated rings. The number of anilines is 1. The molecule has 0 spiro atoms. The Bertz CT molecular complexity index is 1160. The molecule has 1 aliphatic carbocycles. The highest BCUT2D eigenvalue weighted by atomic mass is 19.4. The van der Waals surface area contributed by atoms with Gasteiger partial charge in [-0.3, -0.25) is 4.90 Å². The van der Waals surface area contributed by atoms with Gasteiger partial charge in [0, 0.05) is 18.3 Å². The monoisotopic (exact) mass is 437 g/mol. The molecule has 1 atom stereocenters. The minimum atomic E-state index is -4.50. The zero-order valence-electron chi connectivity index (χ0n) is 17.8. The van der Waals surface area contributed by atoms with Crippen LogP contribution in [0.2, 0.25) is 0 Å². The summed E-state index contributed by atoms with van der Waals surface area (Å²) in [6, 6.07) is 13.3. The first-order chi connectivity index (χ1) is 15.3. The van der Waals surface area contributed by atoms with Crippen LogP contribution < -0.4 is 4.90 Å². The van der Waals surface area contributed by atoms with E-state index in [1.54, 1.807) is 24.1 Å². The van der Waals surface area contributed by atoms with Gasteiger partial charge in [0.2, 0.25) is 0 Å². The third-order valence-corrected chi connectivity index (χ3v) is 6.08. The predicted octanol–water partition coefficient (Wildman–Crippen LogP) is 6.57. The van der Waals surface area contributed by atoms with E-state index in [-0.39, 0.29) is 17.8 Å². The van der Waals surface area contributed by atoms with Crippen LogP contribution in [-0.4, -0.2) is 18.0 Å². The Morgan fingerprint density at radius 3 is 2.47 bits per heavy atom. The molecule has 4 nitrogen and oxygen atoms in total. The fourth-order valence-corrected chi connectivity index (χ4v) is 4.56. The maximum absolute atomic E-state index is 13.5. The molecule has 0 aromatic heterocycles. The van der Waals surface area contributed by atoms with Gasteiger partial charge in [-0.2, -0.15) is 18.4 Å². The zero-order chi connectivity index (χ0) is 23.0. The Labute approximate surface area is 184 Å². The molecule has 2 aromatic rings. The molecular formula is C25H22F3N3O. The molecule has 32 heavy (non-hydrogen) atoms. The van der Waals surface area contributed by atoms with Crippen LogP contribution in [-0.2, 0) is 6.18 Å². The normalized spacial score (nSPS) is 20.4. The van der Waals surface area contributed by atoms with E-state index >= 15 is 0 Å². The molecule has 0 unspecified atom stereocenters. The van der Waals surface area contributed by atoms with Gasteiger partial charge in [-0.1, -0.05) is 24.3 Å². The van der Waals surface area contributed by atoms with Crippen LogP contribution in [0.15, 0.2) is 71.5 Å². The highest BCUT2D eigenvalue weighted by Gasteiger charge is 2.42. The van der Waals surface area contributed by atoms with E-state index in [1.807, 2.05) is 25.1 Å². The zero-order valence-corrected chi connectivity index (χ0v) is 17.8. The Morgan fingerprint density at radius 2 is 1.84 bits per heavy atom. The lowest BCUT2D eigenvalue weighted by Gasteiger charge is -2.45. The fourth-order valence-electron chi connectivity index (χ4n) is 4.56. The summed E-state index contributed by atoms with van der Waals surface area (Å²) in [4.78, 5) is 16.5. The molecule has 1 heterocycles. The summed E-state index contributed by atoms with van der Waals surface area (Å²) in [5, 5.41) is 9.12. The van der Waals surface area contributed by atoms with Crippen LogP contribution in [0.5, 0.6) is 0 Å². The summed E-state index contributed by atoms with van der Waals surface area (Å²) in [5.74, 6) is 0. The number of allylic oxidation sites excluding steroid dienone is 2. The number of hydrogen-bond donors (Lipinski definition) is 0. The number of likely N-dealkylation sites (N-methyl/N-ethyl adjacent to an activating group) is 1. The third-order valence-electron chi connectivity index (χ3n) is 6.08. The number of amides is 2. The topological polar surface area (TPSA) is 47.3 Å². The Balaban J connectivity index is 1.91. The first-order valence-electron chi connectivity index (χ1n) is 10.4. The molecule has 2 aromatic carbocycles. The van der Waals surface area contributed by atoms with Crippen molar-refractivity contribution < 1.29 is 18.0 Å². The lowest BCUT2D eigenvalue weighted by molar-refractivity contribution is -0.137. The van der Waals surface area contributed by atoms with Gasteiger partial charge in [-0.25, -0.2) is 4.79 Å². The molecule has 7 heteroatoms.